The standard InChI is InChI=1S/C6H8N4O3S/c1-2-13-5(12)4(11)3-10-6(14)7-8-9-10/h2-3H2,1H3,(H,7,9,14). The Kier molecular flexibility index (Phi) is 3.57. The highest BCUT2D eigenvalue weighted by Crippen LogP contribution is 1.97. The van der Waals surface area contributed by atoms with Gasteiger partial charge in [-0.05, 0) is 17.4 Å². The molecule has 0 aliphatic rings. The molecule has 0 bridgehead atoms. The van der Waals surface area contributed by atoms with E-state index in [0.29, 0.717) is 0 Å². The molecule has 1 heterocycles. The highest BCUT2D eigenvalue weighted by Gasteiger charge is 2.17. The van der Waals surface area contributed by atoms with Gasteiger partial charge in [-0.3, -0.25) is 4.79 Å². The lowest BCUT2D eigenvalue weighted by molar-refractivity contribution is -0.153. The second kappa shape index (κ2) is 4.70. The molecule has 1 rings (SSSR count). The number of Topliss-reactive ketones (excluding diaryl/α,β-unsaturated/α-hetero) is 1. The van der Waals surface area contributed by atoms with Crippen molar-refractivity contribution in [2.75, 3.05) is 6.61 Å². The van der Waals surface area contributed by atoms with Gasteiger partial charge in [-0.15, -0.1) is 17.7 Å². The molecule has 8 heteroatoms. The number of carbonyl (C=O) groups is 2. The maximum absolute atomic E-state index is 11.1. The van der Waals surface area contributed by atoms with Gasteiger partial charge in [0.15, 0.2) is 0 Å². The van der Waals surface area contributed by atoms with Crippen LogP contribution in [0.25, 0.3) is 0 Å². The number of hydrogen-bond acceptors (Lipinski definition) is 7. The van der Waals surface area contributed by atoms with Crippen LogP contribution in [0.2, 0.25) is 0 Å². The zero-order valence-corrected chi connectivity index (χ0v) is 8.27. The van der Waals surface area contributed by atoms with E-state index < -0.39 is 11.8 Å². The van der Waals surface area contributed by atoms with Crippen molar-refractivity contribution in [2.45, 2.75) is 18.6 Å². The van der Waals surface area contributed by atoms with E-state index >= 15 is 0 Å². The monoisotopic (exact) mass is 216 g/mol. The number of aromatic nitrogens is 4. The first-order valence-electron chi connectivity index (χ1n) is 3.80. The van der Waals surface area contributed by atoms with Crippen LogP contribution in [0.5, 0.6) is 0 Å². The minimum absolute atomic E-state index is 0.161. The number of rotatable bonds is 4. The fourth-order valence-corrected chi connectivity index (χ4v) is 0.865. The summed E-state index contributed by atoms with van der Waals surface area (Å²) < 4.78 is 5.60. The highest BCUT2D eigenvalue weighted by atomic mass is 32.1. The summed E-state index contributed by atoms with van der Waals surface area (Å²) in [5.41, 5.74) is 0. The molecule has 1 aromatic rings. The van der Waals surface area contributed by atoms with Crippen molar-refractivity contribution in [1.82, 2.24) is 20.2 Å². The van der Waals surface area contributed by atoms with Crippen LogP contribution in [0.3, 0.4) is 0 Å². The lowest BCUT2D eigenvalue weighted by Crippen LogP contribution is -2.23. The summed E-state index contributed by atoms with van der Waals surface area (Å²) in [6.07, 6.45) is 0. The predicted octanol–water partition coefficient (Wildman–Crippen LogP) is -0.906. The largest absolute Gasteiger partial charge is 0.460 e. The van der Waals surface area contributed by atoms with Gasteiger partial charge in [0.05, 0.1) is 6.61 Å². The number of carbonyl (C=O) groups excluding carboxylic acids is 2. The Morgan fingerprint density at radius 3 is 2.79 bits per heavy atom. The van der Waals surface area contributed by atoms with Crippen molar-refractivity contribution in [1.29, 1.82) is 0 Å². The quantitative estimate of drug-likeness (QED) is 0.398. The van der Waals surface area contributed by atoms with Crippen molar-refractivity contribution in [3.63, 3.8) is 0 Å². The van der Waals surface area contributed by atoms with Gasteiger partial charge in [0, 0.05) is 0 Å². The van der Waals surface area contributed by atoms with E-state index in [1.54, 1.807) is 6.92 Å². The summed E-state index contributed by atoms with van der Waals surface area (Å²) >= 11 is 3.87. The third kappa shape index (κ3) is 2.52. The number of nitrogens with zero attached hydrogens (tertiary/aromatic N) is 4. The first-order chi connectivity index (χ1) is 6.65. The van der Waals surface area contributed by atoms with Crippen LogP contribution in [-0.2, 0) is 20.9 Å². The number of esters is 1. The van der Waals surface area contributed by atoms with Gasteiger partial charge in [-0.25, -0.2) is 9.48 Å². The predicted molar refractivity (Wildman–Crippen MR) is 46.7 cm³/mol. The molecule has 0 atom stereocenters. The van der Waals surface area contributed by atoms with E-state index in [1.165, 1.54) is 0 Å². The zero-order valence-electron chi connectivity index (χ0n) is 7.38. The van der Waals surface area contributed by atoms with Gasteiger partial charge in [-0.1, -0.05) is 0 Å². The average Bonchev–Trinajstić information content (AvgIpc) is 2.52. The molecule has 0 saturated heterocycles. The molecule has 1 aromatic heterocycles. The van der Waals surface area contributed by atoms with Crippen molar-refractivity contribution < 1.29 is 14.3 Å². The Hall–Kier alpha value is -1.44. The molecular formula is C6H8N4O3S. The SMILES string of the molecule is CCOC(=O)C(=O)Cn1nnnc1S. The first kappa shape index (κ1) is 10.6. The summed E-state index contributed by atoms with van der Waals surface area (Å²) in [6, 6.07) is 0. The molecular weight excluding hydrogens is 208 g/mol. The summed E-state index contributed by atoms with van der Waals surface area (Å²) in [5, 5.41) is 10.3. The van der Waals surface area contributed by atoms with Gasteiger partial charge in [0.1, 0.15) is 6.54 Å². The third-order valence-electron chi connectivity index (χ3n) is 1.31. The van der Waals surface area contributed by atoms with Crippen LogP contribution in [0.1, 0.15) is 6.92 Å². The topological polar surface area (TPSA) is 87.0 Å². The van der Waals surface area contributed by atoms with Crippen LogP contribution in [0, 0.1) is 0 Å². The van der Waals surface area contributed by atoms with Crippen LogP contribution >= 0.6 is 12.6 Å². The van der Waals surface area contributed by atoms with Gasteiger partial charge < -0.3 is 4.74 Å². The van der Waals surface area contributed by atoms with E-state index in [1.807, 2.05) is 0 Å². The third-order valence-corrected chi connectivity index (χ3v) is 1.63. The molecule has 0 spiro atoms. The second-order valence-corrected chi connectivity index (χ2v) is 2.68. The van der Waals surface area contributed by atoms with Crippen molar-refractivity contribution in [3.8, 4) is 0 Å². The van der Waals surface area contributed by atoms with Crippen LogP contribution in [-0.4, -0.2) is 38.6 Å². The Balaban J connectivity index is 2.57. The molecule has 0 aliphatic carbocycles. The number of thiol groups is 1. The van der Waals surface area contributed by atoms with Gasteiger partial charge in [0.2, 0.25) is 5.16 Å². The van der Waals surface area contributed by atoms with E-state index in [9.17, 15) is 9.59 Å². The Bertz CT molecular complexity index is 351. The first-order valence-corrected chi connectivity index (χ1v) is 4.25. The smallest absolute Gasteiger partial charge is 0.376 e. The fourth-order valence-electron chi connectivity index (χ4n) is 0.714. The summed E-state index contributed by atoms with van der Waals surface area (Å²) in [5.74, 6) is -1.61. The van der Waals surface area contributed by atoms with Crippen molar-refractivity contribution in [3.05, 3.63) is 0 Å². The lowest BCUT2D eigenvalue weighted by atomic mass is 10.4. The van der Waals surface area contributed by atoms with Crippen molar-refractivity contribution >= 4 is 24.4 Å². The number of ether oxygens (including phenoxy) is 1. The molecule has 0 aromatic carbocycles. The number of ketones is 1. The van der Waals surface area contributed by atoms with E-state index in [0.717, 1.165) is 4.68 Å². The molecule has 0 aliphatic heterocycles. The fraction of sp³-hybridized carbons (Fsp3) is 0.500. The summed E-state index contributed by atoms with van der Waals surface area (Å²) in [7, 11) is 0. The Labute approximate surface area is 84.8 Å². The van der Waals surface area contributed by atoms with E-state index in [4.69, 9.17) is 0 Å². The second-order valence-electron chi connectivity index (χ2n) is 2.28. The molecule has 76 valence electrons. The minimum Gasteiger partial charge on any atom is -0.460 e. The zero-order chi connectivity index (χ0) is 10.6. The van der Waals surface area contributed by atoms with Gasteiger partial charge in [-0.2, -0.15) is 0 Å². The molecule has 7 nitrogen and oxygen atoms in total. The van der Waals surface area contributed by atoms with E-state index in [2.05, 4.69) is 32.9 Å². The molecule has 0 N–H and O–H groups in total. The van der Waals surface area contributed by atoms with Crippen molar-refractivity contribution in [2.24, 2.45) is 0 Å². The number of tetrazole rings is 1. The van der Waals surface area contributed by atoms with Crippen LogP contribution in [0.15, 0.2) is 5.16 Å². The Morgan fingerprint density at radius 2 is 2.29 bits per heavy atom. The normalized spacial score (nSPS) is 9.86. The molecule has 0 fully saturated rings. The Morgan fingerprint density at radius 1 is 1.57 bits per heavy atom. The summed E-state index contributed by atoms with van der Waals surface area (Å²) in [6.45, 7) is 1.52. The molecule has 0 saturated carbocycles. The molecule has 0 amide bonds. The van der Waals surface area contributed by atoms with E-state index in [-0.39, 0.29) is 18.3 Å². The lowest BCUT2D eigenvalue weighted by Gasteiger charge is -2.00. The maximum Gasteiger partial charge on any atom is 0.376 e. The average molecular weight is 216 g/mol. The van der Waals surface area contributed by atoms with Gasteiger partial charge >= 0.3 is 5.97 Å². The minimum atomic E-state index is -0.893. The maximum atomic E-state index is 11.1. The molecule has 0 unspecified atom stereocenters. The number of hydrogen-bond donors (Lipinski definition) is 1. The van der Waals surface area contributed by atoms with Gasteiger partial charge in [0.25, 0.3) is 5.78 Å². The highest BCUT2D eigenvalue weighted by molar-refractivity contribution is 7.80. The molecule has 0 radical (unpaired) electrons. The summed E-state index contributed by atoms with van der Waals surface area (Å²) in [4.78, 5) is 22.0. The van der Waals surface area contributed by atoms with Crippen LogP contribution < -0.4 is 0 Å². The molecule has 14 heavy (non-hydrogen) atoms. The van der Waals surface area contributed by atoms with Crippen LogP contribution in [0.4, 0.5) is 0 Å².